The minimum atomic E-state index is -0.648. The Bertz CT molecular complexity index is 930. The van der Waals surface area contributed by atoms with Gasteiger partial charge in [-0.1, -0.05) is 19.6 Å². The standard InChI is InChI=1S/C11H16N2O3.C10H15NO2.CH4.B11/c1-15-6-3-7-16-10-5-2-4-9(8-10)13-11(12)14;1-12-6-3-7-13-10-5-2-4-9(11)8-10;;1-7-10(6)11(8(2)3)9(4)5/h2,4-5,8H,3,6-7H2,1H3,(H3,12,13,14);2,4-5,8H,3,6-7,11H2,1H3;1H4;. The number of nitrogen functional groups attached to an aromatic ring is 1. The zero-order chi connectivity index (χ0) is 30.3. The van der Waals surface area contributed by atoms with E-state index in [1.165, 1.54) is 7.06 Å². The second-order valence-electron chi connectivity index (χ2n) is 8.48. The first-order chi connectivity index (χ1) is 19.0. The fourth-order valence-electron chi connectivity index (χ4n) is 3.09. The number of primary amides is 1. The highest BCUT2D eigenvalue weighted by Crippen LogP contribution is 2.17. The number of ether oxygens (including phenoxy) is 4. The van der Waals surface area contributed by atoms with Crippen molar-refractivity contribution in [2.45, 2.75) is 20.3 Å². The zero-order valence-corrected chi connectivity index (χ0v) is 23.4. The van der Waals surface area contributed by atoms with Gasteiger partial charge in [0, 0.05) is 143 Å². The molecule has 19 heteroatoms. The maximum absolute atomic E-state index is 10.6. The summed E-state index contributed by atoms with van der Waals surface area (Å²) in [5, 5.41) is 2.48. The molecule has 0 heterocycles. The molecule has 2 rings (SSSR count). The number of anilines is 2. The van der Waals surface area contributed by atoms with Crippen LogP contribution in [0, 0.1) is 0 Å². The van der Waals surface area contributed by atoms with Gasteiger partial charge in [0.1, 0.15) is 11.5 Å². The predicted molar refractivity (Wildman–Crippen MR) is 185 cm³/mol. The molecule has 2 aromatic carbocycles. The van der Waals surface area contributed by atoms with Gasteiger partial charge in [-0.2, -0.15) is 0 Å². The first kappa shape index (κ1) is 40.9. The van der Waals surface area contributed by atoms with Crippen LogP contribution in [0.1, 0.15) is 20.3 Å². The number of nitrogens with one attached hydrogen (secondary N) is 1. The smallest absolute Gasteiger partial charge is 0.316 e. The Morgan fingerprint density at radius 1 is 0.854 bits per heavy atom. The largest absolute Gasteiger partial charge is 0.493 e. The van der Waals surface area contributed by atoms with Crippen LogP contribution in [0.5, 0.6) is 11.5 Å². The van der Waals surface area contributed by atoms with Crippen molar-refractivity contribution in [3.63, 3.8) is 0 Å². The van der Waals surface area contributed by atoms with Crippen molar-refractivity contribution in [2.75, 3.05) is 51.7 Å². The van der Waals surface area contributed by atoms with Crippen LogP contribution in [0.3, 0.4) is 0 Å². The maximum Gasteiger partial charge on any atom is 0.316 e. The highest BCUT2D eigenvalue weighted by atomic mass is 16.5. The summed E-state index contributed by atoms with van der Waals surface area (Å²) in [6.07, 6.45) is -0.431. The molecule has 5 N–H and O–H groups in total. The fraction of sp³-hybridized carbons (Fsp3) is 0.409. The van der Waals surface area contributed by atoms with Crippen molar-refractivity contribution in [3.05, 3.63) is 48.5 Å². The van der Waals surface area contributed by atoms with Crippen LogP contribution in [0.15, 0.2) is 48.5 Å². The van der Waals surface area contributed by atoms with E-state index in [4.69, 9.17) is 76.8 Å². The molecule has 0 saturated carbocycles. The van der Waals surface area contributed by atoms with Gasteiger partial charge < -0.3 is 35.7 Å². The lowest BCUT2D eigenvalue weighted by atomic mass is 8.56. The number of carbonyl (C=O) groups is 1. The first-order valence-corrected chi connectivity index (χ1v) is 12.6. The van der Waals surface area contributed by atoms with Crippen molar-refractivity contribution in [3.8, 4) is 11.5 Å². The second-order valence-corrected chi connectivity index (χ2v) is 8.48. The third-order valence-corrected chi connectivity index (χ3v) is 5.04. The molecule has 0 spiro atoms. The van der Waals surface area contributed by atoms with Crippen molar-refractivity contribution >= 4 is 96.4 Å². The average Bonchev–Trinajstić information content (AvgIpc) is 2.89. The van der Waals surface area contributed by atoms with Gasteiger partial charge >= 0.3 is 6.03 Å². The van der Waals surface area contributed by atoms with Crippen LogP contribution in [0.2, 0.25) is 0 Å². The summed E-state index contributed by atoms with van der Waals surface area (Å²) < 4.78 is 20.7. The molecule has 13 radical (unpaired) electrons. The topological polar surface area (TPSA) is 118 Å². The van der Waals surface area contributed by atoms with Crippen LogP contribution < -0.4 is 26.3 Å². The molecule has 0 saturated heterocycles. The van der Waals surface area contributed by atoms with Crippen molar-refractivity contribution in [1.29, 1.82) is 0 Å². The first-order valence-electron chi connectivity index (χ1n) is 12.6. The number of carbonyl (C=O) groups excluding carboxylic acids is 1. The molecule has 41 heavy (non-hydrogen) atoms. The van der Waals surface area contributed by atoms with E-state index in [0.717, 1.165) is 30.9 Å². The van der Waals surface area contributed by atoms with E-state index in [2.05, 4.69) is 5.32 Å². The maximum atomic E-state index is 10.6. The number of amides is 2. The van der Waals surface area contributed by atoms with Crippen LogP contribution in [-0.2, 0) is 9.47 Å². The SMILES string of the molecule is C.COCCCOc1cccc(N)c1.COCCCOc1cccc(NC(N)=O)c1.[B][B]B([B])B(B([B])[B])B([B])[B]. The number of benzene rings is 2. The molecule has 0 bridgehead atoms. The summed E-state index contributed by atoms with van der Waals surface area (Å²) in [7, 11) is 36.8. The van der Waals surface area contributed by atoms with Crippen LogP contribution in [-0.4, -0.2) is 126 Å². The third-order valence-electron chi connectivity index (χ3n) is 5.04. The van der Waals surface area contributed by atoms with E-state index in [9.17, 15) is 4.79 Å². The van der Waals surface area contributed by atoms with E-state index >= 15 is 0 Å². The molecular formula is C22H35B11N3O5. The molecule has 0 unspecified atom stereocenters. The number of methoxy groups -OCH3 is 2. The monoisotopic (exact) mass is 542 g/mol. The quantitative estimate of drug-likeness (QED) is 0.163. The van der Waals surface area contributed by atoms with E-state index in [1.54, 1.807) is 32.4 Å². The van der Waals surface area contributed by atoms with Gasteiger partial charge in [0.25, 0.3) is 0 Å². The van der Waals surface area contributed by atoms with E-state index in [0.29, 0.717) is 31.3 Å². The Kier molecular flexibility index (Phi) is 25.4. The van der Waals surface area contributed by atoms with E-state index < -0.39 is 25.2 Å². The lowest BCUT2D eigenvalue weighted by Gasteiger charge is -2.25. The molecule has 0 aliphatic rings. The molecular weight excluding hydrogens is 505 g/mol. The lowest BCUT2D eigenvalue weighted by Crippen LogP contribution is -2.63. The van der Waals surface area contributed by atoms with E-state index in [-0.39, 0.29) is 13.8 Å². The summed E-state index contributed by atoms with van der Waals surface area (Å²) in [5.74, 6) is 1.51. The van der Waals surface area contributed by atoms with Crippen LogP contribution in [0.4, 0.5) is 16.2 Å². The Morgan fingerprint density at radius 2 is 1.34 bits per heavy atom. The molecule has 0 aliphatic carbocycles. The van der Waals surface area contributed by atoms with Gasteiger partial charge in [-0.25, -0.2) is 4.79 Å². The molecule has 2 aromatic rings. The Balaban J connectivity index is 0. The van der Waals surface area contributed by atoms with E-state index in [1.807, 2.05) is 30.3 Å². The van der Waals surface area contributed by atoms with Gasteiger partial charge in [-0.05, 0) is 24.3 Å². The molecule has 201 valence electrons. The molecule has 0 aromatic heterocycles. The molecule has 0 fully saturated rings. The molecule has 2 amide bonds. The van der Waals surface area contributed by atoms with Gasteiger partial charge in [-0.3, -0.25) is 0 Å². The molecule has 8 nitrogen and oxygen atoms in total. The summed E-state index contributed by atoms with van der Waals surface area (Å²) in [4.78, 5) is 10.6. The van der Waals surface area contributed by atoms with Gasteiger partial charge in [0.15, 0.2) is 0 Å². The average molecular weight is 540 g/mol. The lowest BCUT2D eigenvalue weighted by molar-refractivity contribution is 0.172. The summed E-state index contributed by atoms with van der Waals surface area (Å²) >= 11 is 0. The Labute approximate surface area is 257 Å². The normalized spacial score (nSPS) is 9.22. The van der Waals surface area contributed by atoms with Gasteiger partial charge in [0.2, 0.25) is 0 Å². The highest BCUT2D eigenvalue weighted by Gasteiger charge is 2.26. The minimum Gasteiger partial charge on any atom is -0.493 e. The van der Waals surface area contributed by atoms with Crippen LogP contribution in [0.25, 0.3) is 0 Å². The highest BCUT2D eigenvalue weighted by molar-refractivity contribution is 8.01. The van der Waals surface area contributed by atoms with Crippen LogP contribution >= 0.6 is 0 Å². The molecule has 0 aliphatic heterocycles. The number of urea groups is 1. The summed E-state index contributed by atoms with van der Waals surface area (Å²) in [6, 6.07) is 13.9. The summed E-state index contributed by atoms with van der Waals surface area (Å²) in [5.41, 5.74) is 11.9. The number of nitrogens with two attached hydrogens (primary N) is 2. The van der Waals surface area contributed by atoms with Crippen molar-refractivity contribution in [2.24, 2.45) is 5.73 Å². The van der Waals surface area contributed by atoms with Gasteiger partial charge in [-0.15, -0.1) is 0 Å². The Hall–Kier alpha value is -2.26. The van der Waals surface area contributed by atoms with Gasteiger partial charge in [0.05, 0.1) is 13.2 Å². The predicted octanol–water partition coefficient (Wildman–Crippen LogP) is -0.276. The third kappa shape index (κ3) is 21.2. The number of rotatable bonds is 15. The number of hydrogen-bond donors (Lipinski definition) is 3. The van der Waals surface area contributed by atoms with Crippen molar-refractivity contribution < 1.29 is 23.7 Å². The second kappa shape index (κ2) is 25.5. The number of hydrogen-bond acceptors (Lipinski definition) is 6. The summed E-state index contributed by atoms with van der Waals surface area (Å²) in [6.45, 7) is 2.63. The van der Waals surface area contributed by atoms with Crippen molar-refractivity contribution in [1.82, 2.24) is 0 Å². The fourth-order valence-corrected chi connectivity index (χ4v) is 3.09. The zero-order valence-electron chi connectivity index (χ0n) is 23.4. The molecule has 0 atom stereocenters. The minimum absolute atomic E-state index is 0. The Morgan fingerprint density at radius 3 is 1.73 bits per heavy atom.